The minimum atomic E-state index is 0.298. The fourth-order valence-corrected chi connectivity index (χ4v) is 2.46. The van der Waals surface area contributed by atoms with E-state index >= 15 is 0 Å². The second-order valence-electron chi connectivity index (χ2n) is 4.93. The molecule has 1 aromatic heterocycles. The van der Waals surface area contributed by atoms with Gasteiger partial charge in [0.25, 0.3) is 0 Å². The van der Waals surface area contributed by atoms with Crippen molar-refractivity contribution in [2.45, 2.75) is 19.8 Å². The summed E-state index contributed by atoms with van der Waals surface area (Å²) < 4.78 is 2.09. The molecule has 0 unspecified atom stereocenters. The first-order valence-electron chi connectivity index (χ1n) is 6.81. The van der Waals surface area contributed by atoms with Crippen LogP contribution in [0.3, 0.4) is 0 Å². The molecule has 2 heterocycles. The Bertz CT molecular complexity index is 391. The van der Waals surface area contributed by atoms with Crippen LogP contribution in [0.25, 0.3) is 0 Å². The average molecular weight is 249 g/mol. The van der Waals surface area contributed by atoms with E-state index in [1.165, 1.54) is 5.69 Å². The highest BCUT2D eigenvalue weighted by Gasteiger charge is 2.19. The Morgan fingerprint density at radius 3 is 2.56 bits per heavy atom. The summed E-state index contributed by atoms with van der Waals surface area (Å²) in [5.41, 5.74) is 1.23. The number of piperazine rings is 1. The van der Waals surface area contributed by atoms with Crippen molar-refractivity contribution in [3.05, 3.63) is 24.0 Å². The topological polar surface area (TPSA) is 28.5 Å². The van der Waals surface area contributed by atoms with Gasteiger partial charge in [-0.05, 0) is 25.1 Å². The molecule has 1 aromatic rings. The van der Waals surface area contributed by atoms with E-state index in [0.717, 1.165) is 39.1 Å². The van der Waals surface area contributed by atoms with E-state index in [-0.39, 0.29) is 0 Å². The Kier molecular flexibility index (Phi) is 4.42. The summed E-state index contributed by atoms with van der Waals surface area (Å²) in [5, 5.41) is 0. The van der Waals surface area contributed by atoms with Crippen LogP contribution >= 0.6 is 0 Å². The van der Waals surface area contributed by atoms with Crippen LogP contribution in [0, 0.1) is 0 Å². The van der Waals surface area contributed by atoms with Crippen LogP contribution in [0.1, 0.15) is 19.0 Å². The first-order valence-corrected chi connectivity index (χ1v) is 6.81. The molecule has 1 aliphatic rings. The van der Waals surface area contributed by atoms with Crippen molar-refractivity contribution in [1.82, 2.24) is 14.4 Å². The van der Waals surface area contributed by atoms with Gasteiger partial charge in [0, 0.05) is 51.5 Å². The van der Waals surface area contributed by atoms with Crippen molar-refractivity contribution in [1.29, 1.82) is 0 Å². The van der Waals surface area contributed by atoms with E-state index < -0.39 is 0 Å². The molecule has 0 aromatic carbocycles. The molecule has 4 heteroatoms. The van der Waals surface area contributed by atoms with Crippen molar-refractivity contribution in [3.8, 4) is 0 Å². The lowest BCUT2D eigenvalue weighted by Crippen LogP contribution is -2.48. The van der Waals surface area contributed by atoms with Gasteiger partial charge in [0.15, 0.2) is 0 Å². The lowest BCUT2D eigenvalue weighted by atomic mass is 10.2. The Morgan fingerprint density at radius 1 is 1.28 bits per heavy atom. The number of hydrogen-bond donors (Lipinski definition) is 0. The summed E-state index contributed by atoms with van der Waals surface area (Å²) in [5.74, 6) is 0.298. The summed E-state index contributed by atoms with van der Waals surface area (Å²) in [6.07, 6.45) is 3.50. The number of likely N-dealkylation sites (N-methyl/N-ethyl adjacent to an activating group) is 1. The normalized spacial score (nSPS) is 17.1. The molecular weight excluding hydrogens is 226 g/mol. The van der Waals surface area contributed by atoms with Crippen molar-refractivity contribution < 1.29 is 4.79 Å². The molecule has 4 nitrogen and oxygen atoms in total. The van der Waals surface area contributed by atoms with Gasteiger partial charge in [-0.15, -0.1) is 0 Å². The molecular formula is C14H23N3O. The van der Waals surface area contributed by atoms with Gasteiger partial charge in [0.05, 0.1) is 0 Å². The number of aryl methyl sites for hydroxylation is 2. The maximum Gasteiger partial charge on any atom is 0.223 e. The van der Waals surface area contributed by atoms with E-state index in [1.807, 2.05) is 24.2 Å². The number of carbonyl (C=O) groups is 1. The number of hydrogen-bond acceptors (Lipinski definition) is 2. The van der Waals surface area contributed by atoms with Crippen molar-refractivity contribution in [2.75, 3.05) is 32.7 Å². The zero-order valence-electron chi connectivity index (χ0n) is 11.4. The smallest absolute Gasteiger partial charge is 0.223 e. The SMILES string of the molecule is CCN1CCN(C(=O)CCc2cccn2C)CC1. The van der Waals surface area contributed by atoms with Crippen LogP contribution in [-0.2, 0) is 18.3 Å². The molecule has 1 fully saturated rings. The highest BCUT2D eigenvalue weighted by molar-refractivity contribution is 5.76. The molecule has 0 N–H and O–H groups in total. The maximum absolute atomic E-state index is 12.1. The van der Waals surface area contributed by atoms with E-state index in [4.69, 9.17) is 0 Å². The van der Waals surface area contributed by atoms with Gasteiger partial charge in [-0.25, -0.2) is 0 Å². The Morgan fingerprint density at radius 2 is 2.00 bits per heavy atom. The molecule has 1 amide bonds. The van der Waals surface area contributed by atoms with Crippen LogP contribution in [0.15, 0.2) is 18.3 Å². The highest BCUT2D eigenvalue weighted by atomic mass is 16.2. The third-order valence-electron chi connectivity index (χ3n) is 3.82. The summed E-state index contributed by atoms with van der Waals surface area (Å²) in [4.78, 5) is 16.5. The van der Waals surface area contributed by atoms with Gasteiger partial charge in [-0.2, -0.15) is 0 Å². The van der Waals surface area contributed by atoms with Gasteiger partial charge in [0.1, 0.15) is 0 Å². The summed E-state index contributed by atoms with van der Waals surface area (Å²) in [7, 11) is 2.03. The maximum atomic E-state index is 12.1. The minimum Gasteiger partial charge on any atom is -0.354 e. The summed E-state index contributed by atoms with van der Waals surface area (Å²) >= 11 is 0. The van der Waals surface area contributed by atoms with Crippen LogP contribution in [0.2, 0.25) is 0 Å². The predicted molar refractivity (Wildman–Crippen MR) is 72.4 cm³/mol. The first-order chi connectivity index (χ1) is 8.70. The third-order valence-corrected chi connectivity index (χ3v) is 3.82. The largest absolute Gasteiger partial charge is 0.354 e. The Hall–Kier alpha value is -1.29. The molecule has 0 bridgehead atoms. The molecule has 0 radical (unpaired) electrons. The zero-order chi connectivity index (χ0) is 13.0. The van der Waals surface area contributed by atoms with Gasteiger partial charge < -0.3 is 14.4 Å². The minimum absolute atomic E-state index is 0.298. The van der Waals surface area contributed by atoms with Crippen LogP contribution in [0.4, 0.5) is 0 Å². The first kappa shape index (κ1) is 13.1. The molecule has 0 spiro atoms. The van der Waals surface area contributed by atoms with Gasteiger partial charge in [0.2, 0.25) is 5.91 Å². The van der Waals surface area contributed by atoms with Crippen molar-refractivity contribution in [2.24, 2.45) is 7.05 Å². The predicted octanol–water partition coefficient (Wildman–Crippen LogP) is 1.12. The average Bonchev–Trinajstić information content (AvgIpc) is 2.81. The zero-order valence-corrected chi connectivity index (χ0v) is 11.4. The number of rotatable bonds is 4. The number of amides is 1. The molecule has 100 valence electrons. The number of nitrogens with zero attached hydrogens (tertiary/aromatic N) is 3. The van der Waals surface area contributed by atoms with Crippen LogP contribution in [-0.4, -0.2) is 53.0 Å². The second-order valence-corrected chi connectivity index (χ2v) is 4.93. The van der Waals surface area contributed by atoms with E-state index in [0.29, 0.717) is 12.3 Å². The monoisotopic (exact) mass is 249 g/mol. The molecule has 0 atom stereocenters. The molecule has 0 saturated carbocycles. The Balaban J connectivity index is 1.77. The fraction of sp³-hybridized carbons (Fsp3) is 0.643. The van der Waals surface area contributed by atoms with Crippen LogP contribution in [0.5, 0.6) is 0 Å². The standard InChI is InChI=1S/C14H23N3O/c1-3-16-9-11-17(12-10-16)14(18)7-6-13-5-4-8-15(13)2/h4-5,8H,3,6-7,9-12H2,1-2H3. The second kappa shape index (κ2) is 6.05. The van der Waals surface area contributed by atoms with Crippen molar-refractivity contribution in [3.63, 3.8) is 0 Å². The van der Waals surface area contributed by atoms with E-state index in [1.54, 1.807) is 0 Å². The lowest BCUT2D eigenvalue weighted by molar-refractivity contribution is -0.132. The lowest BCUT2D eigenvalue weighted by Gasteiger charge is -2.34. The molecule has 1 aliphatic heterocycles. The van der Waals surface area contributed by atoms with Crippen LogP contribution < -0.4 is 0 Å². The van der Waals surface area contributed by atoms with Gasteiger partial charge in [-0.1, -0.05) is 6.92 Å². The molecule has 18 heavy (non-hydrogen) atoms. The quantitative estimate of drug-likeness (QED) is 0.800. The molecule has 0 aliphatic carbocycles. The van der Waals surface area contributed by atoms with E-state index in [9.17, 15) is 4.79 Å². The Labute approximate surface area is 109 Å². The molecule has 1 saturated heterocycles. The highest BCUT2D eigenvalue weighted by Crippen LogP contribution is 2.08. The number of aromatic nitrogens is 1. The third kappa shape index (κ3) is 3.13. The molecule has 2 rings (SSSR count). The summed E-state index contributed by atoms with van der Waals surface area (Å²) in [6, 6.07) is 4.11. The summed E-state index contributed by atoms with van der Waals surface area (Å²) in [6.45, 7) is 7.08. The number of carbonyl (C=O) groups excluding carboxylic acids is 1. The van der Waals surface area contributed by atoms with Gasteiger partial charge in [-0.3, -0.25) is 4.79 Å². The van der Waals surface area contributed by atoms with E-state index in [2.05, 4.69) is 22.5 Å². The fourth-order valence-electron chi connectivity index (χ4n) is 2.46. The van der Waals surface area contributed by atoms with Crippen molar-refractivity contribution >= 4 is 5.91 Å². The van der Waals surface area contributed by atoms with Gasteiger partial charge >= 0.3 is 0 Å².